The minimum atomic E-state index is 0.0677. The van der Waals surface area contributed by atoms with Gasteiger partial charge in [0.1, 0.15) is 0 Å². The van der Waals surface area contributed by atoms with Crippen molar-refractivity contribution in [2.24, 2.45) is 0 Å². The summed E-state index contributed by atoms with van der Waals surface area (Å²) in [6, 6.07) is 16.8. The second kappa shape index (κ2) is 8.82. The highest BCUT2D eigenvalue weighted by Gasteiger charge is 2.20. The van der Waals surface area contributed by atoms with Gasteiger partial charge in [-0.3, -0.25) is 9.36 Å². The molecule has 0 bridgehead atoms. The molecule has 29 heavy (non-hydrogen) atoms. The fourth-order valence-electron chi connectivity index (χ4n) is 3.75. The number of aryl methyl sites for hydroxylation is 2. The maximum absolute atomic E-state index is 12.4. The Kier molecular flexibility index (Phi) is 6.00. The van der Waals surface area contributed by atoms with Crippen molar-refractivity contribution >= 4 is 17.7 Å². The van der Waals surface area contributed by atoms with Crippen LogP contribution >= 0.6 is 11.8 Å². The van der Waals surface area contributed by atoms with Gasteiger partial charge < -0.3 is 5.32 Å². The summed E-state index contributed by atoms with van der Waals surface area (Å²) in [5.41, 5.74) is 4.38. The van der Waals surface area contributed by atoms with Crippen LogP contribution in [0, 0.1) is 13.8 Å². The number of para-hydroxylation sites is 1. The normalized spacial score (nSPS) is 14.3. The Bertz CT molecular complexity index is 990. The maximum Gasteiger partial charge on any atom is 0.230 e. The summed E-state index contributed by atoms with van der Waals surface area (Å²) in [5.74, 6) is 1.20. The molecule has 3 aromatic rings. The number of benzene rings is 2. The Hall–Kier alpha value is -2.60. The van der Waals surface area contributed by atoms with Gasteiger partial charge in [-0.2, -0.15) is 0 Å². The zero-order chi connectivity index (χ0) is 20.2. The molecule has 5 nitrogen and oxygen atoms in total. The van der Waals surface area contributed by atoms with Crippen molar-refractivity contribution in [3.05, 3.63) is 59.7 Å². The lowest BCUT2D eigenvalue weighted by molar-refractivity contribution is -0.119. The van der Waals surface area contributed by atoms with Gasteiger partial charge in [0.2, 0.25) is 5.91 Å². The Labute approximate surface area is 175 Å². The predicted molar refractivity (Wildman–Crippen MR) is 117 cm³/mol. The SMILES string of the molecule is Cc1ccc(-c2nnc(SCC(=O)NC3CCCC3)n2-c2ccccc2C)cc1. The zero-order valence-electron chi connectivity index (χ0n) is 16.9. The summed E-state index contributed by atoms with van der Waals surface area (Å²) in [4.78, 5) is 12.4. The first-order valence-corrected chi connectivity index (χ1v) is 11.1. The van der Waals surface area contributed by atoms with Crippen molar-refractivity contribution in [2.45, 2.75) is 50.7 Å². The van der Waals surface area contributed by atoms with Crippen LogP contribution in [0.3, 0.4) is 0 Å². The fraction of sp³-hybridized carbons (Fsp3) is 0.348. The number of rotatable bonds is 6. The molecular formula is C23H26N4OS. The largest absolute Gasteiger partial charge is 0.353 e. The van der Waals surface area contributed by atoms with Crippen LogP contribution < -0.4 is 5.32 Å². The van der Waals surface area contributed by atoms with Crippen LogP contribution in [-0.4, -0.2) is 32.5 Å². The van der Waals surface area contributed by atoms with E-state index in [2.05, 4.69) is 70.3 Å². The maximum atomic E-state index is 12.4. The third-order valence-corrected chi connectivity index (χ3v) is 6.28. The first-order valence-electron chi connectivity index (χ1n) is 10.1. The van der Waals surface area contributed by atoms with Gasteiger partial charge in [-0.1, -0.05) is 72.6 Å². The molecule has 2 aromatic carbocycles. The van der Waals surface area contributed by atoms with Gasteiger partial charge in [-0.25, -0.2) is 0 Å². The average Bonchev–Trinajstić information content (AvgIpc) is 3.37. The van der Waals surface area contributed by atoms with Crippen molar-refractivity contribution in [3.63, 3.8) is 0 Å². The molecule has 1 heterocycles. The second-order valence-corrected chi connectivity index (χ2v) is 8.57. The predicted octanol–water partition coefficient (Wildman–Crippen LogP) is 4.70. The monoisotopic (exact) mass is 406 g/mol. The Morgan fingerprint density at radius 1 is 1.07 bits per heavy atom. The van der Waals surface area contributed by atoms with E-state index in [0.717, 1.165) is 40.6 Å². The highest BCUT2D eigenvalue weighted by atomic mass is 32.2. The Balaban J connectivity index is 1.62. The molecule has 0 saturated heterocycles. The molecule has 1 N–H and O–H groups in total. The minimum Gasteiger partial charge on any atom is -0.353 e. The van der Waals surface area contributed by atoms with Gasteiger partial charge in [0.25, 0.3) is 0 Å². The van der Waals surface area contributed by atoms with Gasteiger partial charge in [-0.05, 0) is 38.3 Å². The van der Waals surface area contributed by atoms with Crippen molar-refractivity contribution in [3.8, 4) is 17.1 Å². The first kappa shape index (κ1) is 19.7. The molecule has 0 atom stereocenters. The van der Waals surface area contributed by atoms with Crippen LogP contribution in [0.5, 0.6) is 0 Å². The standard InChI is InChI=1S/C23H26N4OS/c1-16-11-13-18(14-12-16)22-25-26-23(27(22)20-10-6-3-7-17(20)2)29-15-21(28)24-19-8-4-5-9-19/h3,6-7,10-14,19H,4-5,8-9,15H2,1-2H3,(H,24,28). The number of amides is 1. The van der Waals surface area contributed by atoms with E-state index < -0.39 is 0 Å². The molecule has 1 aliphatic carbocycles. The number of thioether (sulfide) groups is 1. The Morgan fingerprint density at radius 2 is 1.79 bits per heavy atom. The summed E-state index contributed by atoms with van der Waals surface area (Å²) in [6.45, 7) is 4.15. The van der Waals surface area contributed by atoms with Crippen molar-refractivity contribution in [2.75, 3.05) is 5.75 Å². The number of nitrogens with one attached hydrogen (secondary N) is 1. The van der Waals surface area contributed by atoms with Gasteiger partial charge in [0.15, 0.2) is 11.0 Å². The van der Waals surface area contributed by atoms with E-state index in [0.29, 0.717) is 11.8 Å². The van der Waals surface area contributed by atoms with Gasteiger partial charge in [-0.15, -0.1) is 10.2 Å². The van der Waals surface area contributed by atoms with Crippen molar-refractivity contribution < 1.29 is 4.79 Å². The van der Waals surface area contributed by atoms with Gasteiger partial charge >= 0.3 is 0 Å². The number of hydrogen-bond acceptors (Lipinski definition) is 4. The molecule has 0 radical (unpaired) electrons. The molecule has 1 saturated carbocycles. The van der Waals surface area contributed by atoms with Crippen LogP contribution in [0.25, 0.3) is 17.1 Å². The van der Waals surface area contributed by atoms with E-state index in [1.54, 1.807) is 0 Å². The Morgan fingerprint density at radius 3 is 2.52 bits per heavy atom. The van der Waals surface area contributed by atoms with Crippen LogP contribution in [0.15, 0.2) is 53.7 Å². The van der Waals surface area contributed by atoms with Gasteiger partial charge in [0, 0.05) is 11.6 Å². The van der Waals surface area contributed by atoms with E-state index in [9.17, 15) is 4.79 Å². The number of nitrogens with zero attached hydrogens (tertiary/aromatic N) is 3. The molecule has 1 aromatic heterocycles. The third-order valence-electron chi connectivity index (χ3n) is 5.35. The van der Waals surface area contributed by atoms with E-state index in [1.807, 2.05) is 12.1 Å². The molecule has 1 amide bonds. The van der Waals surface area contributed by atoms with E-state index >= 15 is 0 Å². The average molecular weight is 407 g/mol. The number of aromatic nitrogens is 3. The number of carbonyl (C=O) groups excluding carboxylic acids is 1. The lowest BCUT2D eigenvalue weighted by atomic mass is 10.1. The molecular weight excluding hydrogens is 380 g/mol. The molecule has 0 unspecified atom stereocenters. The van der Waals surface area contributed by atoms with E-state index in [4.69, 9.17) is 0 Å². The molecule has 0 spiro atoms. The van der Waals surface area contributed by atoms with Crippen LogP contribution in [0.1, 0.15) is 36.8 Å². The smallest absolute Gasteiger partial charge is 0.230 e. The number of carbonyl (C=O) groups is 1. The van der Waals surface area contributed by atoms with E-state index in [1.165, 1.54) is 30.2 Å². The van der Waals surface area contributed by atoms with E-state index in [-0.39, 0.29) is 5.91 Å². The van der Waals surface area contributed by atoms with Crippen LogP contribution in [0.2, 0.25) is 0 Å². The molecule has 150 valence electrons. The zero-order valence-corrected chi connectivity index (χ0v) is 17.7. The lowest BCUT2D eigenvalue weighted by Crippen LogP contribution is -2.33. The molecule has 0 aliphatic heterocycles. The summed E-state index contributed by atoms with van der Waals surface area (Å²) in [7, 11) is 0. The summed E-state index contributed by atoms with van der Waals surface area (Å²) in [5, 5.41) is 12.8. The second-order valence-electron chi connectivity index (χ2n) is 7.63. The first-order chi connectivity index (χ1) is 14.1. The quantitative estimate of drug-likeness (QED) is 0.603. The topological polar surface area (TPSA) is 59.8 Å². The third kappa shape index (κ3) is 4.53. The fourth-order valence-corrected chi connectivity index (χ4v) is 4.51. The van der Waals surface area contributed by atoms with Crippen LogP contribution in [0.4, 0.5) is 0 Å². The van der Waals surface area contributed by atoms with Gasteiger partial charge in [0.05, 0.1) is 11.4 Å². The molecule has 6 heteroatoms. The number of hydrogen-bond donors (Lipinski definition) is 1. The summed E-state index contributed by atoms with van der Waals surface area (Å²) < 4.78 is 2.06. The highest BCUT2D eigenvalue weighted by Crippen LogP contribution is 2.29. The molecule has 4 rings (SSSR count). The minimum absolute atomic E-state index is 0.0677. The summed E-state index contributed by atoms with van der Waals surface area (Å²) >= 11 is 1.44. The summed E-state index contributed by atoms with van der Waals surface area (Å²) in [6.07, 6.45) is 4.60. The highest BCUT2D eigenvalue weighted by molar-refractivity contribution is 7.99. The molecule has 1 aliphatic rings. The van der Waals surface area contributed by atoms with Crippen molar-refractivity contribution in [1.29, 1.82) is 0 Å². The van der Waals surface area contributed by atoms with Crippen LogP contribution in [-0.2, 0) is 4.79 Å². The molecule has 1 fully saturated rings. The van der Waals surface area contributed by atoms with Crippen molar-refractivity contribution in [1.82, 2.24) is 20.1 Å². The lowest BCUT2D eigenvalue weighted by Gasteiger charge is -2.14.